The summed E-state index contributed by atoms with van der Waals surface area (Å²) in [7, 11) is 3.22. The molecule has 2 aliphatic heterocycles. The third-order valence-electron chi connectivity index (χ3n) is 7.84. The zero-order chi connectivity index (χ0) is 31.6. The maximum Gasteiger partial charge on any atom is 0.124 e. The van der Waals surface area contributed by atoms with E-state index in [0.29, 0.717) is 11.1 Å². The van der Waals surface area contributed by atoms with Crippen molar-refractivity contribution < 1.29 is 19.7 Å². The Morgan fingerprint density at radius 1 is 0.587 bits per heavy atom. The number of nitrogens with zero attached hydrogens (tertiary/aromatic N) is 4. The van der Waals surface area contributed by atoms with E-state index >= 15 is 0 Å². The first-order chi connectivity index (χ1) is 22.6. The molecule has 0 spiro atoms. The number of aliphatic imine (C=N–C) groups is 2. The number of hydrogen-bond acceptors (Lipinski definition) is 10. The van der Waals surface area contributed by atoms with E-state index in [9.17, 15) is 10.2 Å². The van der Waals surface area contributed by atoms with Crippen LogP contribution in [0.25, 0.3) is 0 Å². The van der Waals surface area contributed by atoms with Crippen LogP contribution in [0.15, 0.2) is 105 Å². The summed E-state index contributed by atoms with van der Waals surface area (Å²) in [4.78, 5) is 16.3. The molecule has 0 saturated carbocycles. The molecule has 10 heteroatoms. The van der Waals surface area contributed by atoms with E-state index in [-0.39, 0.29) is 11.5 Å². The third-order valence-corrected chi connectivity index (χ3v) is 10.3. The van der Waals surface area contributed by atoms with E-state index in [0.717, 1.165) is 98.0 Å². The summed E-state index contributed by atoms with van der Waals surface area (Å²) in [6.45, 7) is 8.28. The lowest BCUT2D eigenvalue weighted by Crippen LogP contribution is -2.35. The predicted octanol–water partition coefficient (Wildman–Crippen LogP) is 7.06. The van der Waals surface area contributed by atoms with Crippen LogP contribution in [0.5, 0.6) is 11.5 Å². The second kappa shape index (κ2) is 16.3. The van der Waals surface area contributed by atoms with Gasteiger partial charge < -0.3 is 19.7 Å². The monoisotopic (exact) mass is 654 g/mol. The molecule has 0 amide bonds. The van der Waals surface area contributed by atoms with Crippen molar-refractivity contribution in [3.05, 3.63) is 107 Å². The van der Waals surface area contributed by atoms with Gasteiger partial charge in [0.15, 0.2) is 0 Å². The molecule has 2 heterocycles. The van der Waals surface area contributed by atoms with Gasteiger partial charge in [-0.2, -0.15) is 0 Å². The Morgan fingerprint density at radius 3 is 1.43 bits per heavy atom. The molecule has 4 aromatic rings. The van der Waals surface area contributed by atoms with Crippen LogP contribution in [0.2, 0.25) is 0 Å². The summed E-state index contributed by atoms with van der Waals surface area (Å²) in [6, 6.07) is 27.4. The Morgan fingerprint density at radius 2 is 1.00 bits per heavy atom. The zero-order valence-corrected chi connectivity index (χ0v) is 27.3. The number of hydrogen-bond donors (Lipinski definition) is 2. The molecule has 0 bridgehead atoms. The van der Waals surface area contributed by atoms with Crippen molar-refractivity contribution in [2.24, 2.45) is 9.98 Å². The molecule has 0 unspecified atom stereocenters. The van der Waals surface area contributed by atoms with Crippen molar-refractivity contribution in [2.45, 2.75) is 22.9 Å². The van der Waals surface area contributed by atoms with Gasteiger partial charge in [0.2, 0.25) is 0 Å². The maximum atomic E-state index is 10.5. The molecular formula is C36H38N4O4S2. The molecule has 0 aromatic heterocycles. The lowest BCUT2D eigenvalue weighted by Gasteiger charge is -2.26. The van der Waals surface area contributed by atoms with Crippen LogP contribution >= 0.6 is 21.6 Å². The van der Waals surface area contributed by atoms with Crippen LogP contribution in [-0.4, -0.2) is 85.0 Å². The molecule has 0 aliphatic carbocycles. The van der Waals surface area contributed by atoms with Crippen molar-refractivity contribution in [1.29, 1.82) is 0 Å². The standard InChI is InChI=1S/C36H38N4O4S2/c41-33-11-9-27(25-39-13-17-43-18-14-39)21-29(33)23-37-31-5-1-3-7-35(31)45-46-36-8-4-2-6-32(36)38-24-30-22-28(10-12-34(30)42)26-40-15-19-44-20-16-40/h1-12,21-24,41-42H,13-20,25-26H2/b37-23+,38-24+. The van der Waals surface area contributed by atoms with Gasteiger partial charge in [0.05, 0.1) is 37.8 Å². The zero-order valence-electron chi connectivity index (χ0n) is 25.6. The summed E-state index contributed by atoms with van der Waals surface area (Å²) in [5.74, 6) is 0.414. The van der Waals surface area contributed by atoms with Gasteiger partial charge >= 0.3 is 0 Å². The predicted molar refractivity (Wildman–Crippen MR) is 188 cm³/mol. The minimum atomic E-state index is 0.207. The van der Waals surface area contributed by atoms with E-state index in [2.05, 4.69) is 9.80 Å². The van der Waals surface area contributed by atoms with Crippen LogP contribution in [0, 0.1) is 0 Å². The molecule has 2 fully saturated rings. The molecule has 0 atom stereocenters. The van der Waals surface area contributed by atoms with Crippen molar-refractivity contribution in [2.75, 3.05) is 52.6 Å². The van der Waals surface area contributed by atoms with Gasteiger partial charge in [-0.25, -0.2) is 0 Å². The second-order valence-electron chi connectivity index (χ2n) is 11.2. The van der Waals surface area contributed by atoms with Gasteiger partial charge in [-0.05, 0) is 59.7 Å². The van der Waals surface area contributed by atoms with Crippen LogP contribution in [-0.2, 0) is 22.6 Å². The third kappa shape index (κ3) is 9.00. The summed E-state index contributed by atoms with van der Waals surface area (Å²) in [5, 5.41) is 21.1. The fraction of sp³-hybridized carbons (Fsp3) is 0.278. The van der Waals surface area contributed by atoms with Crippen LogP contribution < -0.4 is 0 Å². The van der Waals surface area contributed by atoms with Gasteiger partial charge in [0.25, 0.3) is 0 Å². The first-order valence-corrected chi connectivity index (χ1v) is 17.6. The first-order valence-electron chi connectivity index (χ1n) is 15.5. The maximum absolute atomic E-state index is 10.5. The van der Waals surface area contributed by atoms with Crippen molar-refractivity contribution in [1.82, 2.24) is 9.80 Å². The molecule has 4 aromatic carbocycles. The lowest BCUT2D eigenvalue weighted by molar-refractivity contribution is 0.0341. The second-order valence-corrected chi connectivity index (χ2v) is 13.4. The highest BCUT2D eigenvalue weighted by atomic mass is 33.1. The van der Waals surface area contributed by atoms with Gasteiger partial charge in [-0.15, -0.1) is 0 Å². The summed E-state index contributed by atoms with van der Waals surface area (Å²) >= 11 is 0. The Kier molecular flexibility index (Phi) is 11.4. The highest BCUT2D eigenvalue weighted by Gasteiger charge is 2.13. The highest BCUT2D eigenvalue weighted by molar-refractivity contribution is 8.76. The fourth-order valence-corrected chi connectivity index (χ4v) is 7.53. The molecule has 46 heavy (non-hydrogen) atoms. The summed E-state index contributed by atoms with van der Waals surface area (Å²) < 4.78 is 10.9. The quantitative estimate of drug-likeness (QED) is 0.131. The number of rotatable bonds is 11. The molecule has 238 valence electrons. The smallest absolute Gasteiger partial charge is 0.124 e. The summed E-state index contributed by atoms with van der Waals surface area (Å²) in [5.41, 5.74) is 5.29. The number of phenolic OH excluding ortho intramolecular Hbond substituents is 2. The molecule has 2 aliphatic rings. The van der Waals surface area contributed by atoms with Gasteiger partial charge in [0, 0.05) is 72.6 Å². The number of aromatic hydroxyl groups is 2. The van der Waals surface area contributed by atoms with Crippen molar-refractivity contribution in [3.63, 3.8) is 0 Å². The van der Waals surface area contributed by atoms with Gasteiger partial charge in [0.1, 0.15) is 11.5 Å². The molecule has 2 saturated heterocycles. The molecular weight excluding hydrogens is 617 g/mol. The molecule has 0 radical (unpaired) electrons. The largest absolute Gasteiger partial charge is 0.507 e. The normalized spacial score (nSPS) is 16.4. The van der Waals surface area contributed by atoms with Crippen LogP contribution in [0.1, 0.15) is 22.3 Å². The number of morpholine rings is 2. The average molecular weight is 655 g/mol. The van der Waals surface area contributed by atoms with Crippen LogP contribution in [0.4, 0.5) is 11.4 Å². The van der Waals surface area contributed by atoms with Gasteiger partial charge in [-0.3, -0.25) is 19.8 Å². The Balaban J connectivity index is 1.13. The van der Waals surface area contributed by atoms with Crippen molar-refractivity contribution >= 4 is 45.4 Å². The number of phenols is 2. The van der Waals surface area contributed by atoms with E-state index in [4.69, 9.17) is 19.5 Å². The number of ether oxygens (including phenoxy) is 2. The van der Waals surface area contributed by atoms with Crippen LogP contribution in [0.3, 0.4) is 0 Å². The molecule has 6 rings (SSSR count). The Bertz CT molecular complexity index is 1550. The van der Waals surface area contributed by atoms with Gasteiger partial charge in [-0.1, -0.05) is 58.0 Å². The number of benzene rings is 4. The Labute approximate surface area is 278 Å². The molecule has 2 N–H and O–H groups in total. The minimum absolute atomic E-state index is 0.207. The van der Waals surface area contributed by atoms with E-state index in [1.807, 2.05) is 72.8 Å². The minimum Gasteiger partial charge on any atom is -0.507 e. The van der Waals surface area contributed by atoms with E-state index in [1.54, 1.807) is 46.1 Å². The highest BCUT2D eigenvalue weighted by Crippen LogP contribution is 2.45. The van der Waals surface area contributed by atoms with Crippen molar-refractivity contribution in [3.8, 4) is 11.5 Å². The number of para-hydroxylation sites is 2. The van der Waals surface area contributed by atoms with E-state index in [1.165, 1.54) is 0 Å². The fourth-order valence-electron chi connectivity index (χ4n) is 5.28. The first kappa shape index (κ1) is 32.3. The summed E-state index contributed by atoms with van der Waals surface area (Å²) in [6.07, 6.45) is 3.47. The van der Waals surface area contributed by atoms with E-state index < -0.39 is 0 Å². The molecule has 8 nitrogen and oxygen atoms in total. The SMILES string of the molecule is Oc1ccc(CN2CCOCC2)cc1/C=N/c1ccccc1SSc1ccccc1/N=C/c1cc(CN2CCOCC2)ccc1O. The average Bonchev–Trinajstić information content (AvgIpc) is 3.09. The lowest BCUT2D eigenvalue weighted by atomic mass is 10.1. The Hall–Kier alpha value is -3.64. The topological polar surface area (TPSA) is 90.1 Å².